The maximum absolute atomic E-state index is 13.8. The predicted octanol–water partition coefficient (Wildman–Crippen LogP) is 3.49. The minimum atomic E-state index is -1.20. The third-order valence-electron chi connectivity index (χ3n) is 2.97. The van der Waals surface area contributed by atoms with Crippen LogP contribution >= 0.6 is 0 Å². The second kappa shape index (κ2) is 6.05. The minimum Gasteiger partial charge on any atom is -0.494 e. The molecule has 22 heavy (non-hydrogen) atoms. The first-order chi connectivity index (χ1) is 10.4. The van der Waals surface area contributed by atoms with Crippen molar-refractivity contribution in [3.8, 4) is 11.5 Å². The number of ether oxygens (including phenoxy) is 2. The van der Waals surface area contributed by atoms with E-state index in [0.717, 1.165) is 14.2 Å². The molecule has 2 aromatic rings. The SMILES string of the molecule is COc1cc(F)c(C(=O)c2cc(F)c(OC)cc2F)cc1F. The van der Waals surface area contributed by atoms with E-state index in [1.165, 1.54) is 0 Å². The van der Waals surface area contributed by atoms with E-state index in [-0.39, 0.29) is 0 Å². The Kier molecular flexibility index (Phi) is 4.35. The summed E-state index contributed by atoms with van der Waals surface area (Å²) in [5.41, 5.74) is -1.47. The molecule has 0 radical (unpaired) electrons. The molecule has 7 heteroatoms. The van der Waals surface area contributed by atoms with Gasteiger partial charge in [0.1, 0.15) is 11.6 Å². The van der Waals surface area contributed by atoms with Crippen molar-refractivity contribution in [1.29, 1.82) is 0 Å². The van der Waals surface area contributed by atoms with Gasteiger partial charge < -0.3 is 9.47 Å². The maximum Gasteiger partial charge on any atom is 0.199 e. The number of carbonyl (C=O) groups excluding carboxylic acids is 1. The molecular formula is C15H10F4O3. The number of carbonyl (C=O) groups is 1. The first-order valence-corrected chi connectivity index (χ1v) is 5.99. The molecule has 0 spiro atoms. The molecule has 0 aliphatic rings. The first-order valence-electron chi connectivity index (χ1n) is 5.99. The highest BCUT2D eigenvalue weighted by atomic mass is 19.1. The standard InChI is InChI=1S/C15H10F4O3/c1-21-13-5-9(16)7(3-11(13)18)15(20)8-4-12(19)14(22-2)6-10(8)17/h3-6H,1-2H3. The largest absolute Gasteiger partial charge is 0.494 e. The van der Waals surface area contributed by atoms with Gasteiger partial charge in [0.25, 0.3) is 0 Å². The van der Waals surface area contributed by atoms with E-state index in [9.17, 15) is 22.4 Å². The predicted molar refractivity (Wildman–Crippen MR) is 69.3 cm³/mol. The third kappa shape index (κ3) is 2.74. The fourth-order valence-corrected chi connectivity index (χ4v) is 1.86. The van der Waals surface area contributed by atoms with Crippen molar-refractivity contribution < 1.29 is 31.8 Å². The molecule has 2 rings (SSSR count). The maximum atomic E-state index is 13.8. The molecule has 0 saturated heterocycles. The van der Waals surface area contributed by atoms with Crippen LogP contribution in [-0.4, -0.2) is 20.0 Å². The van der Waals surface area contributed by atoms with Crippen LogP contribution in [0.5, 0.6) is 11.5 Å². The van der Waals surface area contributed by atoms with Crippen molar-refractivity contribution in [2.75, 3.05) is 14.2 Å². The summed E-state index contributed by atoms with van der Waals surface area (Å²) in [6.45, 7) is 0. The molecule has 0 heterocycles. The Balaban J connectivity index is 2.53. The number of hydrogen-bond acceptors (Lipinski definition) is 3. The Morgan fingerprint density at radius 2 is 1.09 bits per heavy atom. The average Bonchev–Trinajstić information content (AvgIpc) is 2.50. The Morgan fingerprint density at radius 1 is 0.727 bits per heavy atom. The van der Waals surface area contributed by atoms with Gasteiger partial charge in [0.05, 0.1) is 25.3 Å². The quantitative estimate of drug-likeness (QED) is 0.640. The van der Waals surface area contributed by atoms with Gasteiger partial charge in [-0.3, -0.25) is 4.79 Å². The van der Waals surface area contributed by atoms with E-state index in [2.05, 4.69) is 9.47 Å². The molecule has 0 unspecified atom stereocenters. The molecule has 0 aliphatic carbocycles. The molecule has 0 atom stereocenters. The van der Waals surface area contributed by atoms with Crippen LogP contribution in [0.2, 0.25) is 0 Å². The zero-order valence-electron chi connectivity index (χ0n) is 11.5. The average molecular weight is 314 g/mol. The zero-order chi connectivity index (χ0) is 16.4. The molecule has 0 amide bonds. The van der Waals surface area contributed by atoms with E-state index in [1.807, 2.05) is 0 Å². The summed E-state index contributed by atoms with van der Waals surface area (Å²) < 4.78 is 63.9. The lowest BCUT2D eigenvalue weighted by Crippen LogP contribution is -2.09. The molecule has 2 aromatic carbocycles. The topological polar surface area (TPSA) is 35.5 Å². The summed E-state index contributed by atoms with van der Waals surface area (Å²) in [5.74, 6) is -6.23. The Bertz CT molecular complexity index is 683. The summed E-state index contributed by atoms with van der Waals surface area (Å²) in [6.07, 6.45) is 0. The number of hydrogen-bond donors (Lipinski definition) is 0. The van der Waals surface area contributed by atoms with Gasteiger partial charge in [0.15, 0.2) is 28.9 Å². The second-order valence-electron chi connectivity index (χ2n) is 4.26. The summed E-state index contributed by atoms with van der Waals surface area (Å²) in [6, 6.07) is 2.44. The number of halogens is 4. The van der Waals surface area contributed by atoms with Crippen LogP contribution in [0.3, 0.4) is 0 Å². The zero-order valence-corrected chi connectivity index (χ0v) is 11.5. The molecule has 0 fully saturated rings. The summed E-state index contributed by atoms with van der Waals surface area (Å²) >= 11 is 0. The van der Waals surface area contributed by atoms with Crippen LogP contribution in [0, 0.1) is 23.3 Å². The van der Waals surface area contributed by atoms with Crippen molar-refractivity contribution in [1.82, 2.24) is 0 Å². The third-order valence-corrected chi connectivity index (χ3v) is 2.97. The van der Waals surface area contributed by atoms with Gasteiger partial charge in [-0.05, 0) is 12.1 Å². The number of ketones is 1. The Labute approximate surface area is 123 Å². The van der Waals surface area contributed by atoms with Crippen LogP contribution in [0.15, 0.2) is 24.3 Å². The number of benzene rings is 2. The van der Waals surface area contributed by atoms with Gasteiger partial charge >= 0.3 is 0 Å². The fraction of sp³-hybridized carbons (Fsp3) is 0.133. The summed E-state index contributed by atoms with van der Waals surface area (Å²) in [4.78, 5) is 12.1. The van der Waals surface area contributed by atoms with Crippen LogP contribution in [0.1, 0.15) is 15.9 Å². The van der Waals surface area contributed by atoms with Gasteiger partial charge in [-0.15, -0.1) is 0 Å². The molecule has 0 aliphatic heterocycles. The van der Waals surface area contributed by atoms with Crippen molar-refractivity contribution in [3.63, 3.8) is 0 Å². The molecule has 0 bridgehead atoms. The smallest absolute Gasteiger partial charge is 0.199 e. The van der Waals surface area contributed by atoms with Gasteiger partial charge in [0.2, 0.25) is 0 Å². The van der Waals surface area contributed by atoms with E-state index in [1.54, 1.807) is 0 Å². The van der Waals surface area contributed by atoms with E-state index >= 15 is 0 Å². The van der Waals surface area contributed by atoms with Crippen molar-refractivity contribution in [3.05, 3.63) is 58.7 Å². The molecule has 3 nitrogen and oxygen atoms in total. The molecule has 0 saturated carbocycles. The van der Waals surface area contributed by atoms with Crippen LogP contribution in [0.4, 0.5) is 17.6 Å². The first kappa shape index (κ1) is 15.8. The summed E-state index contributed by atoms with van der Waals surface area (Å²) in [7, 11) is 2.25. The highest BCUT2D eigenvalue weighted by molar-refractivity contribution is 6.09. The second-order valence-corrected chi connectivity index (χ2v) is 4.26. The van der Waals surface area contributed by atoms with Gasteiger partial charge in [-0.2, -0.15) is 0 Å². The molecule has 0 aromatic heterocycles. The van der Waals surface area contributed by atoms with Crippen molar-refractivity contribution >= 4 is 5.78 Å². The number of rotatable bonds is 4. The van der Waals surface area contributed by atoms with Crippen LogP contribution < -0.4 is 9.47 Å². The van der Waals surface area contributed by atoms with Gasteiger partial charge in [-0.25, -0.2) is 17.6 Å². The normalized spacial score (nSPS) is 10.5. The van der Waals surface area contributed by atoms with Crippen LogP contribution in [-0.2, 0) is 0 Å². The van der Waals surface area contributed by atoms with Gasteiger partial charge in [0, 0.05) is 12.1 Å². The highest BCUT2D eigenvalue weighted by Crippen LogP contribution is 2.26. The monoisotopic (exact) mass is 314 g/mol. The molecule has 116 valence electrons. The van der Waals surface area contributed by atoms with E-state index in [4.69, 9.17) is 0 Å². The van der Waals surface area contributed by atoms with Gasteiger partial charge in [-0.1, -0.05) is 0 Å². The highest BCUT2D eigenvalue weighted by Gasteiger charge is 2.22. The Morgan fingerprint density at radius 3 is 1.41 bits per heavy atom. The lowest BCUT2D eigenvalue weighted by Gasteiger charge is -2.09. The Hall–Kier alpha value is -2.57. The van der Waals surface area contributed by atoms with E-state index in [0.29, 0.717) is 24.3 Å². The lowest BCUT2D eigenvalue weighted by atomic mass is 10.0. The lowest BCUT2D eigenvalue weighted by molar-refractivity contribution is 0.103. The van der Waals surface area contributed by atoms with E-state index < -0.39 is 51.7 Å². The minimum absolute atomic E-state index is 0.407. The van der Waals surface area contributed by atoms with Crippen molar-refractivity contribution in [2.45, 2.75) is 0 Å². The number of methoxy groups -OCH3 is 2. The van der Waals surface area contributed by atoms with Crippen LogP contribution in [0.25, 0.3) is 0 Å². The fourth-order valence-electron chi connectivity index (χ4n) is 1.86. The molecule has 0 N–H and O–H groups in total. The van der Waals surface area contributed by atoms with Crippen molar-refractivity contribution in [2.24, 2.45) is 0 Å². The summed E-state index contributed by atoms with van der Waals surface area (Å²) in [5, 5.41) is 0. The molecular weight excluding hydrogens is 304 g/mol.